The third-order valence-electron chi connectivity index (χ3n) is 1.98. The summed E-state index contributed by atoms with van der Waals surface area (Å²) < 4.78 is 0. The molecular formula is C10H10N2. The van der Waals surface area contributed by atoms with Crippen LogP contribution in [0.3, 0.4) is 0 Å². The molecule has 0 unspecified atom stereocenters. The number of aromatic nitrogens is 2. The van der Waals surface area contributed by atoms with Crippen LogP contribution >= 0.6 is 0 Å². The molecule has 0 aliphatic heterocycles. The molecule has 0 spiro atoms. The Balaban J connectivity index is 2.88. The number of nitrogens with zero attached hydrogens (tertiary/aromatic N) is 2. The summed E-state index contributed by atoms with van der Waals surface area (Å²) in [5, 5.41) is 2.36. The second kappa shape index (κ2) is 2.55. The smallest absolute Gasteiger partial charge is 0.0452 e. The van der Waals surface area contributed by atoms with Crippen LogP contribution in [-0.2, 0) is 0 Å². The molecule has 0 amide bonds. The average molecular weight is 158 g/mol. The van der Waals surface area contributed by atoms with E-state index < -0.39 is 0 Å². The normalized spacial score (nSPS) is 10.5. The Morgan fingerprint density at radius 3 is 2.83 bits per heavy atom. The molecule has 12 heavy (non-hydrogen) atoms. The molecule has 2 aromatic heterocycles. The maximum atomic E-state index is 4.22. The highest BCUT2D eigenvalue weighted by Gasteiger charge is 1.97. The van der Waals surface area contributed by atoms with Crippen molar-refractivity contribution >= 4 is 10.8 Å². The molecule has 2 aromatic rings. The molecule has 0 radical (unpaired) electrons. The van der Waals surface area contributed by atoms with E-state index >= 15 is 0 Å². The quantitative estimate of drug-likeness (QED) is 0.587. The minimum Gasteiger partial charge on any atom is -0.261 e. The number of rotatable bonds is 0. The van der Waals surface area contributed by atoms with Crippen molar-refractivity contribution < 1.29 is 0 Å². The summed E-state index contributed by atoms with van der Waals surface area (Å²) >= 11 is 0. The van der Waals surface area contributed by atoms with E-state index in [0.29, 0.717) is 0 Å². The molecule has 0 aromatic carbocycles. The first kappa shape index (κ1) is 7.22. The van der Waals surface area contributed by atoms with Crippen molar-refractivity contribution in [3.63, 3.8) is 0 Å². The molecule has 0 aliphatic carbocycles. The van der Waals surface area contributed by atoms with Gasteiger partial charge in [-0.25, -0.2) is 0 Å². The average Bonchev–Trinajstić information content (AvgIpc) is 2.07. The van der Waals surface area contributed by atoms with Crippen molar-refractivity contribution in [3.8, 4) is 0 Å². The van der Waals surface area contributed by atoms with Crippen LogP contribution < -0.4 is 0 Å². The SMILES string of the molecule is Cc1cc2c(C)nccc2cn1. The second-order valence-corrected chi connectivity index (χ2v) is 2.94. The van der Waals surface area contributed by atoms with Gasteiger partial charge in [-0.15, -0.1) is 0 Å². The van der Waals surface area contributed by atoms with E-state index in [0.717, 1.165) is 16.8 Å². The van der Waals surface area contributed by atoms with Crippen molar-refractivity contribution in [1.29, 1.82) is 0 Å². The second-order valence-electron chi connectivity index (χ2n) is 2.94. The molecule has 60 valence electrons. The van der Waals surface area contributed by atoms with Crippen molar-refractivity contribution in [2.24, 2.45) is 0 Å². The van der Waals surface area contributed by atoms with Crippen LogP contribution in [0.4, 0.5) is 0 Å². The zero-order valence-electron chi connectivity index (χ0n) is 7.20. The van der Waals surface area contributed by atoms with E-state index in [9.17, 15) is 0 Å². The van der Waals surface area contributed by atoms with Crippen molar-refractivity contribution in [2.45, 2.75) is 13.8 Å². The van der Waals surface area contributed by atoms with E-state index in [4.69, 9.17) is 0 Å². The Kier molecular flexibility index (Phi) is 1.54. The van der Waals surface area contributed by atoms with Gasteiger partial charge in [0, 0.05) is 34.6 Å². The topological polar surface area (TPSA) is 25.8 Å². The van der Waals surface area contributed by atoms with E-state index in [1.165, 1.54) is 5.39 Å². The molecule has 0 N–H and O–H groups in total. The van der Waals surface area contributed by atoms with Gasteiger partial charge in [0.25, 0.3) is 0 Å². The van der Waals surface area contributed by atoms with Crippen molar-refractivity contribution in [1.82, 2.24) is 9.97 Å². The maximum Gasteiger partial charge on any atom is 0.0452 e. The molecular weight excluding hydrogens is 148 g/mol. The first-order valence-corrected chi connectivity index (χ1v) is 3.95. The highest BCUT2D eigenvalue weighted by molar-refractivity contribution is 5.83. The Morgan fingerprint density at radius 2 is 2.00 bits per heavy atom. The van der Waals surface area contributed by atoms with Crippen LogP contribution in [0.15, 0.2) is 24.5 Å². The first-order chi connectivity index (χ1) is 5.77. The highest BCUT2D eigenvalue weighted by atomic mass is 14.7. The predicted molar refractivity (Wildman–Crippen MR) is 49.0 cm³/mol. The van der Waals surface area contributed by atoms with Gasteiger partial charge >= 0.3 is 0 Å². The van der Waals surface area contributed by atoms with E-state index in [2.05, 4.69) is 16.0 Å². The van der Waals surface area contributed by atoms with Crippen molar-refractivity contribution in [3.05, 3.63) is 35.9 Å². The predicted octanol–water partition coefficient (Wildman–Crippen LogP) is 2.25. The summed E-state index contributed by atoms with van der Waals surface area (Å²) in [6.45, 7) is 4.01. The van der Waals surface area contributed by atoms with Crippen LogP contribution in [-0.4, -0.2) is 9.97 Å². The molecule has 2 heterocycles. The molecule has 0 fully saturated rings. The number of aryl methyl sites for hydroxylation is 2. The minimum atomic E-state index is 1.04. The number of fused-ring (bicyclic) bond motifs is 1. The third-order valence-corrected chi connectivity index (χ3v) is 1.98. The van der Waals surface area contributed by atoms with Crippen LogP contribution in [0, 0.1) is 13.8 Å². The maximum absolute atomic E-state index is 4.22. The van der Waals surface area contributed by atoms with Gasteiger partial charge in [-0.1, -0.05) is 0 Å². The van der Waals surface area contributed by atoms with Crippen LogP contribution in [0.2, 0.25) is 0 Å². The Labute approximate surface area is 71.3 Å². The van der Waals surface area contributed by atoms with Gasteiger partial charge < -0.3 is 0 Å². The van der Waals surface area contributed by atoms with Gasteiger partial charge in [0.1, 0.15) is 0 Å². The number of hydrogen-bond donors (Lipinski definition) is 0. The summed E-state index contributed by atoms with van der Waals surface area (Å²) in [6.07, 6.45) is 3.70. The fourth-order valence-electron chi connectivity index (χ4n) is 1.32. The van der Waals surface area contributed by atoms with Gasteiger partial charge in [-0.3, -0.25) is 9.97 Å². The fraction of sp³-hybridized carbons (Fsp3) is 0.200. The van der Waals surface area contributed by atoms with Gasteiger partial charge in [0.15, 0.2) is 0 Å². The van der Waals surface area contributed by atoms with Gasteiger partial charge in [-0.05, 0) is 26.0 Å². The van der Waals surface area contributed by atoms with E-state index in [-0.39, 0.29) is 0 Å². The fourth-order valence-corrected chi connectivity index (χ4v) is 1.32. The third kappa shape index (κ3) is 1.05. The number of pyridine rings is 2. The van der Waals surface area contributed by atoms with Crippen LogP contribution in [0.1, 0.15) is 11.4 Å². The lowest BCUT2D eigenvalue weighted by molar-refractivity contribution is 1.19. The first-order valence-electron chi connectivity index (χ1n) is 3.95. The Morgan fingerprint density at radius 1 is 1.17 bits per heavy atom. The zero-order valence-corrected chi connectivity index (χ0v) is 7.20. The standard InChI is InChI=1S/C10H10N2/c1-7-5-10-8(2)11-4-3-9(10)6-12-7/h3-6H,1-2H3. The van der Waals surface area contributed by atoms with Crippen LogP contribution in [0.5, 0.6) is 0 Å². The molecule has 2 nitrogen and oxygen atoms in total. The van der Waals surface area contributed by atoms with Crippen molar-refractivity contribution in [2.75, 3.05) is 0 Å². The van der Waals surface area contributed by atoms with Gasteiger partial charge in [0.2, 0.25) is 0 Å². The molecule has 0 saturated carbocycles. The summed E-state index contributed by atoms with van der Waals surface area (Å²) in [4.78, 5) is 8.44. The zero-order chi connectivity index (χ0) is 8.55. The van der Waals surface area contributed by atoms with Gasteiger partial charge in [-0.2, -0.15) is 0 Å². The molecule has 0 atom stereocenters. The molecule has 2 rings (SSSR count). The van der Waals surface area contributed by atoms with Crippen LogP contribution in [0.25, 0.3) is 10.8 Å². The molecule has 2 heteroatoms. The van der Waals surface area contributed by atoms with E-state index in [1.807, 2.05) is 32.3 Å². The number of hydrogen-bond acceptors (Lipinski definition) is 2. The largest absolute Gasteiger partial charge is 0.261 e. The lowest BCUT2D eigenvalue weighted by Crippen LogP contribution is -1.86. The summed E-state index contributed by atoms with van der Waals surface area (Å²) in [6, 6.07) is 4.05. The molecule has 0 saturated heterocycles. The summed E-state index contributed by atoms with van der Waals surface area (Å²) in [7, 11) is 0. The van der Waals surface area contributed by atoms with E-state index in [1.54, 1.807) is 0 Å². The molecule has 0 bridgehead atoms. The minimum absolute atomic E-state index is 1.04. The monoisotopic (exact) mass is 158 g/mol. The Hall–Kier alpha value is -1.44. The lowest BCUT2D eigenvalue weighted by atomic mass is 10.1. The summed E-state index contributed by atoms with van der Waals surface area (Å²) in [5.74, 6) is 0. The Bertz CT molecular complexity index is 421. The summed E-state index contributed by atoms with van der Waals surface area (Å²) in [5.41, 5.74) is 2.11. The van der Waals surface area contributed by atoms with Gasteiger partial charge in [0.05, 0.1) is 0 Å². The molecule has 0 aliphatic rings. The lowest BCUT2D eigenvalue weighted by Gasteiger charge is -2.00. The highest BCUT2D eigenvalue weighted by Crippen LogP contribution is 2.15.